The standard InChI is InChI=1S/C14H17NO5/c1-14(19)7-11(15(9-14)13(17)18)12(16)20-8-10-5-3-2-4-6-10/h2-6,11,19H,7-9H2,1H3,(H,17,18)/t11-,14-/m0/s1. The highest BCUT2D eigenvalue weighted by Crippen LogP contribution is 2.27. The Hall–Kier alpha value is -2.08. The van der Waals surface area contributed by atoms with Gasteiger partial charge in [-0.2, -0.15) is 0 Å². The molecule has 1 aliphatic heterocycles. The summed E-state index contributed by atoms with van der Waals surface area (Å²) in [6, 6.07) is 8.18. The quantitative estimate of drug-likeness (QED) is 0.813. The lowest BCUT2D eigenvalue weighted by molar-refractivity contribution is -0.149. The van der Waals surface area contributed by atoms with Gasteiger partial charge in [0.25, 0.3) is 0 Å². The molecule has 1 aromatic rings. The van der Waals surface area contributed by atoms with Crippen LogP contribution in [0.2, 0.25) is 0 Å². The van der Waals surface area contributed by atoms with Gasteiger partial charge in [-0.25, -0.2) is 9.59 Å². The predicted molar refractivity (Wildman–Crippen MR) is 70.0 cm³/mol. The van der Waals surface area contributed by atoms with Crippen molar-refractivity contribution < 1.29 is 24.5 Å². The fourth-order valence-corrected chi connectivity index (χ4v) is 2.30. The minimum atomic E-state index is -1.23. The summed E-state index contributed by atoms with van der Waals surface area (Å²) in [6.07, 6.45) is -1.18. The number of nitrogens with zero attached hydrogens (tertiary/aromatic N) is 1. The summed E-state index contributed by atoms with van der Waals surface area (Å²) in [5, 5.41) is 19.0. The first-order chi connectivity index (χ1) is 9.39. The Kier molecular flexibility index (Phi) is 3.94. The Morgan fingerprint density at radius 3 is 2.65 bits per heavy atom. The van der Waals surface area contributed by atoms with Crippen molar-refractivity contribution in [2.24, 2.45) is 0 Å². The maximum Gasteiger partial charge on any atom is 0.408 e. The van der Waals surface area contributed by atoms with Crippen LogP contribution >= 0.6 is 0 Å². The van der Waals surface area contributed by atoms with E-state index >= 15 is 0 Å². The van der Waals surface area contributed by atoms with Crippen molar-refractivity contribution in [2.75, 3.05) is 6.54 Å². The van der Waals surface area contributed by atoms with Crippen LogP contribution in [0.4, 0.5) is 4.79 Å². The molecular weight excluding hydrogens is 262 g/mol. The lowest BCUT2D eigenvalue weighted by atomic mass is 10.0. The second kappa shape index (κ2) is 5.50. The fourth-order valence-electron chi connectivity index (χ4n) is 2.30. The topological polar surface area (TPSA) is 87.1 Å². The molecule has 6 nitrogen and oxygen atoms in total. The van der Waals surface area contributed by atoms with Crippen molar-refractivity contribution in [1.82, 2.24) is 4.90 Å². The largest absolute Gasteiger partial charge is 0.465 e. The molecular formula is C14H17NO5. The normalized spacial score (nSPS) is 25.5. The molecule has 1 aromatic carbocycles. The molecule has 0 spiro atoms. The molecule has 2 rings (SSSR count). The van der Waals surface area contributed by atoms with Gasteiger partial charge >= 0.3 is 12.1 Å². The number of carboxylic acid groups (broad SMARTS) is 1. The van der Waals surface area contributed by atoms with Crippen molar-refractivity contribution in [3.05, 3.63) is 35.9 Å². The van der Waals surface area contributed by atoms with E-state index in [0.717, 1.165) is 10.5 Å². The number of ether oxygens (including phenoxy) is 1. The lowest BCUT2D eigenvalue weighted by Gasteiger charge is -2.19. The second-order valence-corrected chi connectivity index (χ2v) is 5.22. The molecule has 1 fully saturated rings. The Bertz CT molecular complexity index is 500. The summed E-state index contributed by atoms with van der Waals surface area (Å²) < 4.78 is 5.13. The molecule has 108 valence electrons. The van der Waals surface area contributed by atoms with Gasteiger partial charge < -0.3 is 14.9 Å². The minimum absolute atomic E-state index is 0.0485. The SMILES string of the molecule is C[C@]1(O)C[C@@H](C(=O)OCc2ccccc2)N(C(=O)O)C1. The van der Waals surface area contributed by atoms with E-state index < -0.39 is 23.7 Å². The molecule has 2 atom stereocenters. The fraction of sp³-hybridized carbons (Fsp3) is 0.429. The van der Waals surface area contributed by atoms with Gasteiger partial charge in [-0.05, 0) is 12.5 Å². The first-order valence-corrected chi connectivity index (χ1v) is 6.31. The summed E-state index contributed by atoms with van der Waals surface area (Å²) in [7, 11) is 0. The number of carbonyl (C=O) groups excluding carboxylic acids is 1. The number of hydrogen-bond donors (Lipinski definition) is 2. The Morgan fingerprint density at radius 2 is 2.05 bits per heavy atom. The molecule has 1 heterocycles. The zero-order valence-electron chi connectivity index (χ0n) is 11.2. The number of β-amino-alcohol motifs (C(OH)–C–C–N with tert-alkyl or cyclic N) is 1. The first kappa shape index (κ1) is 14.3. The summed E-state index contributed by atoms with van der Waals surface area (Å²) in [5.74, 6) is -0.631. The van der Waals surface area contributed by atoms with Crippen LogP contribution < -0.4 is 0 Å². The van der Waals surface area contributed by atoms with Crippen LogP contribution in [0.25, 0.3) is 0 Å². The monoisotopic (exact) mass is 279 g/mol. The first-order valence-electron chi connectivity index (χ1n) is 6.31. The van der Waals surface area contributed by atoms with E-state index in [1.54, 1.807) is 0 Å². The number of hydrogen-bond acceptors (Lipinski definition) is 4. The third-order valence-electron chi connectivity index (χ3n) is 3.26. The molecule has 2 N–H and O–H groups in total. The maximum absolute atomic E-state index is 12.0. The average Bonchev–Trinajstić information content (AvgIpc) is 2.74. The van der Waals surface area contributed by atoms with Crippen LogP contribution in [-0.2, 0) is 16.1 Å². The molecule has 20 heavy (non-hydrogen) atoms. The Labute approximate surface area is 116 Å². The number of amides is 1. The predicted octanol–water partition coefficient (Wildman–Crippen LogP) is 1.23. The average molecular weight is 279 g/mol. The van der Waals surface area contributed by atoms with Crippen LogP contribution in [-0.4, -0.2) is 45.4 Å². The summed E-state index contributed by atoms with van der Waals surface area (Å²) in [4.78, 5) is 24.0. The number of carbonyl (C=O) groups is 2. The van der Waals surface area contributed by atoms with Crippen LogP contribution in [0.5, 0.6) is 0 Å². The highest BCUT2D eigenvalue weighted by Gasteiger charge is 2.46. The molecule has 1 aliphatic rings. The van der Waals surface area contributed by atoms with Gasteiger partial charge in [0.1, 0.15) is 12.6 Å². The van der Waals surface area contributed by atoms with Crippen LogP contribution in [0.1, 0.15) is 18.9 Å². The zero-order valence-corrected chi connectivity index (χ0v) is 11.2. The minimum Gasteiger partial charge on any atom is -0.465 e. The van der Waals surface area contributed by atoms with Crippen molar-refractivity contribution in [3.63, 3.8) is 0 Å². The maximum atomic E-state index is 12.0. The van der Waals surface area contributed by atoms with E-state index in [0.29, 0.717) is 0 Å². The van der Waals surface area contributed by atoms with Crippen LogP contribution in [0.3, 0.4) is 0 Å². The van der Waals surface area contributed by atoms with E-state index in [9.17, 15) is 14.7 Å². The molecule has 1 saturated heterocycles. The van der Waals surface area contributed by atoms with Gasteiger partial charge in [0.2, 0.25) is 0 Å². The van der Waals surface area contributed by atoms with E-state index in [1.165, 1.54) is 6.92 Å². The van der Waals surface area contributed by atoms with Crippen LogP contribution in [0.15, 0.2) is 30.3 Å². The second-order valence-electron chi connectivity index (χ2n) is 5.22. The van der Waals surface area contributed by atoms with Crippen molar-refractivity contribution in [2.45, 2.75) is 31.6 Å². The highest BCUT2D eigenvalue weighted by atomic mass is 16.5. The molecule has 1 amide bonds. The molecule has 0 bridgehead atoms. The van der Waals surface area contributed by atoms with Gasteiger partial charge in [-0.3, -0.25) is 4.90 Å². The van der Waals surface area contributed by atoms with Crippen LogP contribution in [0, 0.1) is 0 Å². The third kappa shape index (κ3) is 3.27. The van der Waals surface area contributed by atoms with Gasteiger partial charge in [0, 0.05) is 6.42 Å². The molecule has 0 radical (unpaired) electrons. The van der Waals surface area contributed by atoms with E-state index in [1.807, 2.05) is 30.3 Å². The van der Waals surface area contributed by atoms with Gasteiger partial charge in [-0.15, -0.1) is 0 Å². The molecule has 0 unspecified atom stereocenters. The van der Waals surface area contributed by atoms with E-state index in [4.69, 9.17) is 9.84 Å². The zero-order chi connectivity index (χ0) is 14.8. The highest BCUT2D eigenvalue weighted by molar-refractivity contribution is 5.81. The molecule has 6 heteroatoms. The van der Waals surface area contributed by atoms with Crippen molar-refractivity contribution in [1.29, 1.82) is 0 Å². The van der Waals surface area contributed by atoms with Crippen molar-refractivity contribution in [3.8, 4) is 0 Å². The van der Waals surface area contributed by atoms with Gasteiger partial charge in [0.15, 0.2) is 0 Å². The van der Waals surface area contributed by atoms with E-state index in [2.05, 4.69) is 0 Å². The number of esters is 1. The summed E-state index contributed by atoms with van der Waals surface area (Å²) in [5.41, 5.74) is -0.373. The number of aliphatic hydroxyl groups is 1. The summed E-state index contributed by atoms with van der Waals surface area (Å²) >= 11 is 0. The van der Waals surface area contributed by atoms with Gasteiger partial charge in [0.05, 0.1) is 12.1 Å². The molecule has 0 aliphatic carbocycles. The van der Waals surface area contributed by atoms with Gasteiger partial charge in [-0.1, -0.05) is 30.3 Å². The molecule has 0 saturated carbocycles. The lowest BCUT2D eigenvalue weighted by Crippen LogP contribution is -2.40. The smallest absolute Gasteiger partial charge is 0.408 e. The van der Waals surface area contributed by atoms with E-state index in [-0.39, 0.29) is 19.6 Å². The van der Waals surface area contributed by atoms with Crippen molar-refractivity contribution >= 4 is 12.1 Å². The number of likely N-dealkylation sites (tertiary alicyclic amines) is 1. The third-order valence-corrected chi connectivity index (χ3v) is 3.26. The Morgan fingerprint density at radius 1 is 1.40 bits per heavy atom. The number of benzene rings is 1. The molecule has 0 aromatic heterocycles. The number of rotatable bonds is 3. The summed E-state index contributed by atoms with van der Waals surface area (Å²) in [6.45, 7) is 1.51. The Balaban J connectivity index is 1.99.